The van der Waals surface area contributed by atoms with Gasteiger partial charge in [-0.15, -0.1) is 0 Å². The van der Waals surface area contributed by atoms with Crippen molar-refractivity contribution in [3.8, 4) is 17.6 Å². The molecule has 0 bridgehead atoms. The number of carbonyl (C=O) groups excluding carboxylic acids is 1. The monoisotopic (exact) mass is 479 g/mol. The third kappa shape index (κ3) is 6.40. The smallest absolute Gasteiger partial charge is 0.209 e. The van der Waals surface area contributed by atoms with Gasteiger partial charge < -0.3 is 27.3 Å². The summed E-state index contributed by atoms with van der Waals surface area (Å²) in [5, 5.41) is 9.80. The SMILES string of the molecule is CC.[CH2-]C(C#N)N([CH2-])C(=O)[C@@H](N)Cc1c[nH]c2ccc(Oc3ccccc3)cc12.[Y]. The van der Waals surface area contributed by atoms with E-state index in [2.05, 4.69) is 19.0 Å². The molecule has 2 atom stereocenters. The minimum Gasteiger partial charge on any atom is -0.505 e. The summed E-state index contributed by atoms with van der Waals surface area (Å²) in [7, 11) is 3.57. The average Bonchev–Trinajstić information content (AvgIpc) is 3.16. The van der Waals surface area contributed by atoms with Gasteiger partial charge in [0.05, 0.1) is 12.1 Å². The number of hydrogen-bond donors (Lipinski definition) is 2. The summed E-state index contributed by atoms with van der Waals surface area (Å²) < 4.78 is 5.87. The van der Waals surface area contributed by atoms with E-state index in [4.69, 9.17) is 15.7 Å². The van der Waals surface area contributed by atoms with E-state index in [0.717, 1.165) is 27.1 Å². The van der Waals surface area contributed by atoms with Gasteiger partial charge in [-0.2, -0.15) is 5.26 Å². The maximum atomic E-state index is 12.3. The van der Waals surface area contributed by atoms with E-state index in [-0.39, 0.29) is 32.7 Å². The van der Waals surface area contributed by atoms with E-state index >= 15 is 0 Å². The second kappa shape index (κ2) is 12.5. The predicted molar refractivity (Wildman–Crippen MR) is 115 cm³/mol. The summed E-state index contributed by atoms with van der Waals surface area (Å²) >= 11 is 0. The van der Waals surface area contributed by atoms with Gasteiger partial charge in [0.25, 0.3) is 0 Å². The first-order chi connectivity index (χ1) is 14.0. The zero-order valence-electron chi connectivity index (χ0n) is 17.3. The van der Waals surface area contributed by atoms with Crippen LogP contribution in [0.5, 0.6) is 11.5 Å². The number of para-hydroxylation sites is 1. The molecule has 0 aliphatic heterocycles. The van der Waals surface area contributed by atoms with Crippen LogP contribution in [0, 0.1) is 25.3 Å². The van der Waals surface area contributed by atoms with Crippen molar-refractivity contribution < 1.29 is 42.2 Å². The Bertz CT molecular complexity index is 982. The molecule has 1 aromatic heterocycles. The van der Waals surface area contributed by atoms with Gasteiger partial charge in [-0.3, -0.25) is 11.8 Å². The molecule has 7 heteroatoms. The number of rotatable bonds is 6. The Morgan fingerprint density at radius 1 is 1.23 bits per heavy atom. The number of fused-ring (bicyclic) bond motifs is 1. The van der Waals surface area contributed by atoms with Gasteiger partial charge in [0.1, 0.15) is 11.5 Å². The molecule has 155 valence electrons. The summed E-state index contributed by atoms with van der Waals surface area (Å²) in [6, 6.07) is 15.4. The van der Waals surface area contributed by atoms with E-state index in [1.165, 1.54) is 0 Å². The molecule has 6 nitrogen and oxygen atoms in total. The molecule has 3 N–H and O–H groups in total. The molecule has 0 saturated carbocycles. The van der Waals surface area contributed by atoms with Crippen molar-refractivity contribution in [2.24, 2.45) is 5.73 Å². The van der Waals surface area contributed by atoms with Crippen LogP contribution in [0.2, 0.25) is 0 Å². The van der Waals surface area contributed by atoms with Crippen molar-refractivity contribution in [1.82, 2.24) is 9.88 Å². The summed E-state index contributed by atoms with van der Waals surface area (Å²) in [6.07, 6.45) is 2.13. The minimum absolute atomic E-state index is 0. The zero-order chi connectivity index (χ0) is 21.4. The normalized spacial score (nSPS) is 11.9. The van der Waals surface area contributed by atoms with E-state index in [9.17, 15) is 4.79 Å². The van der Waals surface area contributed by atoms with Crippen LogP contribution in [0.1, 0.15) is 19.4 Å². The van der Waals surface area contributed by atoms with Crippen LogP contribution in [-0.2, 0) is 43.9 Å². The molecule has 1 unspecified atom stereocenters. The quantitative estimate of drug-likeness (QED) is 0.518. The number of aromatic amines is 1. The van der Waals surface area contributed by atoms with E-state index in [0.29, 0.717) is 12.2 Å². The second-order valence-electron chi connectivity index (χ2n) is 6.20. The Balaban J connectivity index is 0.00000146. The van der Waals surface area contributed by atoms with Crippen LogP contribution in [0.15, 0.2) is 54.7 Å². The standard InChI is InChI=1S/C21H20N4O2.C2H6.Y/c1-14(12-22)25(2)21(26)19(23)10-15-13-24-20-9-8-17(11-18(15)20)27-16-6-4-3-5-7-16;1-2;/h3-9,11,13-14,19,24H,1-2,10,23H2;1-2H3;/q-2;;/t14?,19-;;/m0../s1. The fourth-order valence-corrected chi connectivity index (χ4v) is 2.78. The number of nitriles is 1. The third-order valence-corrected chi connectivity index (χ3v) is 4.28. The molecule has 0 aliphatic rings. The van der Waals surface area contributed by atoms with E-state index in [1.54, 1.807) is 0 Å². The second-order valence-corrected chi connectivity index (χ2v) is 6.20. The Hall–Kier alpha value is -2.20. The number of carbonyl (C=O) groups is 1. The molecule has 0 spiro atoms. The molecule has 3 aromatic rings. The van der Waals surface area contributed by atoms with Crippen LogP contribution in [0.25, 0.3) is 10.9 Å². The van der Waals surface area contributed by atoms with Gasteiger partial charge in [-0.05, 0) is 48.4 Å². The predicted octanol–water partition coefficient (Wildman–Crippen LogP) is 4.20. The number of nitrogens with one attached hydrogen (secondary N) is 1. The molecule has 0 saturated heterocycles. The van der Waals surface area contributed by atoms with Crippen molar-refractivity contribution in [1.29, 1.82) is 5.26 Å². The number of H-pyrrole nitrogens is 1. The molecule has 2 aromatic carbocycles. The topological polar surface area (TPSA) is 95.1 Å². The van der Waals surface area contributed by atoms with Crippen molar-refractivity contribution in [2.45, 2.75) is 32.4 Å². The Kier molecular flexibility index (Phi) is 10.8. The molecule has 1 radical (unpaired) electrons. The first-order valence-corrected chi connectivity index (χ1v) is 9.44. The van der Waals surface area contributed by atoms with E-state index < -0.39 is 18.0 Å². The first-order valence-electron chi connectivity index (χ1n) is 9.44. The molecule has 0 fully saturated rings. The van der Waals surface area contributed by atoms with Gasteiger partial charge in [-0.25, -0.2) is 0 Å². The van der Waals surface area contributed by atoms with Crippen molar-refractivity contribution in [3.05, 3.63) is 74.3 Å². The number of benzene rings is 2. The molecule has 0 aliphatic carbocycles. The third-order valence-electron chi connectivity index (χ3n) is 4.28. The maximum absolute atomic E-state index is 12.3. The number of nitrogens with zero attached hydrogens (tertiary/aromatic N) is 2. The molecule has 1 heterocycles. The van der Waals surface area contributed by atoms with Gasteiger partial charge in [0, 0.05) is 49.8 Å². The van der Waals surface area contributed by atoms with Crippen LogP contribution in [0.4, 0.5) is 0 Å². The summed E-state index contributed by atoms with van der Waals surface area (Å²) in [6.45, 7) is 7.56. The molecular formula is C23H26N4O2Y-2. The largest absolute Gasteiger partial charge is 0.505 e. The molecular weight excluding hydrogens is 453 g/mol. The van der Waals surface area contributed by atoms with Crippen LogP contribution in [0.3, 0.4) is 0 Å². The van der Waals surface area contributed by atoms with Crippen LogP contribution in [-0.4, -0.2) is 27.9 Å². The molecule has 1 amide bonds. The van der Waals surface area contributed by atoms with Crippen LogP contribution < -0.4 is 10.5 Å². The fraction of sp³-hybridized carbons (Fsp3) is 0.217. The van der Waals surface area contributed by atoms with Crippen molar-refractivity contribution in [3.63, 3.8) is 0 Å². The average molecular weight is 479 g/mol. The Morgan fingerprint density at radius 3 is 2.53 bits per heavy atom. The molecule has 30 heavy (non-hydrogen) atoms. The van der Waals surface area contributed by atoms with Gasteiger partial charge in [-0.1, -0.05) is 32.0 Å². The summed E-state index contributed by atoms with van der Waals surface area (Å²) in [5.41, 5.74) is 7.85. The Morgan fingerprint density at radius 2 is 1.90 bits per heavy atom. The zero-order valence-corrected chi connectivity index (χ0v) is 20.2. The molecule has 3 rings (SSSR count). The maximum Gasteiger partial charge on any atom is 0.209 e. The summed E-state index contributed by atoms with van der Waals surface area (Å²) in [5.74, 6) is 1.00. The first kappa shape index (κ1) is 25.8. The van der Waals surface area contributed by atoms with E-state index in [1.807, 2.05) is 74.6 Å². The number of ether oxygens (including phenoxy) is 1. The fourth-order valence-electron chi connectivity index (χ4n) is 2.78. The van der Waals surface area contributed by atoms with Crippen molar-refractivity contribution in [2.75, 3.05) is 0 Å². The number of aromatic nitrogens is 1. The summed E-state index contributed by atoms with van der Waals surface area (Å²) in [4.78, 5) is 16.5. The van der Waals surface area contributed by atoms with Gasteiger partial charge >= 0.3 is 0 Å². The van der Waals surface area contributed by atoms with Gasteiger partial charge in [0.15, 0.2) is 0 Å². The van der Waals surface area contributed by atoms with Gasteiger partial charge in [0.2, 0.25) is 5.91 Å². The number of nitrogens with two attached hydrogens (primary N) is 1. The number of hydrogen-bond acceptors (Lipinski definition) is 4. The number of amides is 1. The minimum atomic E-state index is -0.877. The van der Waals surface area contributed by atoms with Crippen LogP contribution >= 0.6 is 0 Å². The van der Waals surface area contributed by atoms with Crippen molar-refractivity contribution >= 4 is 16.8 Å². The Labute approximate surface area is 203 Å².